The minimum absolute atomic E-state index is 0.0168. The first-order valence-corrected chi connectivity index (χ1v) is 8.84. The highest BCUT2D eigenvalue weighted by Crippen LogP contribution is 2.22. The SMILES string of the molecule is COc1ccc(SCCNC(=O)C2CC(=O)N(C(C)C)C2)cc1. The predicted molar refractivity (Wildman–Crippen MR) is 91.7 cm³/mol. The van der Waals surface area contributed by atoms with E-state index in [0.29, 0.717) is 19.5 Å². The molecule has 6 heteroatoms. The molecule has 1 atom stereocenters. The molecule has 0 saturated carbocycles. The molecule has 1 N–H and O–H groups in total. The van der Waals surface area contributed by atoms with E-state index >= 15 is 0 Å². The Balaban J connectivity index is 1.70. The van der Waals surface area contributed by atoms with Crippen LogP contribution < -0.4 is 10.1 Å². The molecule has 1 aromatic rings. The maximum atomic E-state index is 12.1. The normalized spacial score (nSPS) is 17.7. The number of rotatable bonds is 7. The Morgan fingerprint density at radius 3 is 2.65 bits per heavy atom. The molecule has 2 amide bonds. The summed E-state index contributed by atoms with van der Waals surface area (Å²) in [6, 6.07) is 8.01. The van der Waals surface area contributed by atoms with Crippen LogP contribution in [0.5, 0.6) is 5.75 Å². The van der Waals surface area contributed by atoms with Crippen LogP contribution in [0, 0.1) is 5.92 Å². The monoisotopic (exact) mass is 336 g/mol. The summed E-state index contributed by atoms with van der Waals surface area (Å²) in [5.41, 5.74) is 0. The quantitative estimate of drug-likeness (QED) is 0.612. The lowest BCUT2D eigenvalue weighted by Gasteiger charge is -2.20. The van der Waals surface area contributed by atoms with Gasteiger partial charge in [-0.25, -0.2) is 0 Å². The van der Waals surface area contributed by atoms with Crippen molar-refractivity contribution in [3.63, 3.8) is 0 Å². The van der Waals surface area contributed by atoms with Crippen LogP contribution in [0.15, 0.2) is 29.2 Å². The third-order valence-electron chi connectivity index (χ3n) is 3.88. The van der Waals surface area contributed by atoms with Crippen molar-refractivity contribution in [3.05, 3.63) is 24.3 Å². The summed E-state index contributed by atoms with van der Waals surface area (Å²) in [4.78, 5) is 26.9. The van der Waals surface area contributed by atoms with Crippen LogP contribution in [-0.2, 0) is 9.59 Å². The van der Waals surface area contributed by atoms with Gasteiger partial charge in [-0.3, -0.25) is 9.59 Å². The molecule has 1 fully saturated rings. The number of hydrogen-bond donors (Lipinski definition) is 1. The third-order valence-corrected chi connectivity index (χ3v) is 4.90. The van der Waals surface area contributed by atoms with Crippen molar-refractivity contribution in [1.82, 2.24) is 10.2 Å². The first-order chi connectivity index (χ1) is 11.0. The third kappa shape index (κ3) is 4.89. The number of hydrogen-bond acceptors (Lipinski definition) is 4. The van der Waals surface area contributed by atoms with E-state index in [1.807, 2.05) is 38.1 Å². The van der Waals surface area contributed by atoms with E-state index in [1.54, 1.807) is 23.8 Å². The second-order valence-corrected chi connectivity index (χ2v) is 7.02. The summed E-state index contributed by atoms with van der Waals surface area (Å²) < 4.78 is 5.12. The molecule has 0 radical (unpaired) electrons. The highest BCUT2D eigenvalue weighted by molar-refractivity contribution is 7.99. The van der Waals surface area contributed by atoms with E-state index in [-0.39, 0.29) is 23.8 Å². The van der Waals surface area contributed by atoms with Gasteiger partial charge in [-0.15, -0.1) is 11.8 Å². The fourth-order valence-electron chi connectivity index (χ4n) is 2.57. The summed E-state index contributed by atoms with van der Waals surface area (Å²) in [5.74, 6) is 1.48. The highest BCUT2D eigenvalue weighted by Gasteiger charge is 2.35. The molecule has 5 nitrogen and oxygen atoms in total. The van der Waals surface area contributed by atoms with Crippen molar-refractivity contribution in [1.29, 1.82) is 0 Å². The zero-order valence-electron chi connectivity index (χ0n) is 13.9. The maximum absolute atomic E-state index is 12.1. The Kier molecular flexibility index (Phi) is 6.33. The molecule has 0 aliphatic carbocycles. The van der Waals surface area contributed by atoms with Crippen LogP contribution in [0.2, 0.25) is 0 Å². The van der Waals surface area contributed by atoms with E-state index in [0.717, 1.165) is 16.4 Å². The summed E-state index contributed by atoms with van der Waals surface area (Å²) in [5, 5.41) is 2.93. The number of nitrogens with zero attached hydrogens (tertiary/aromatic N) is 1. The van der Waals surface area contributed by atoms with Crippen LogP contribution in [0.25, 0.3) is 0 Å². The molecular weight excluding hydrogens is 312 g/mol. The number of nitrogens with one attached hydrogen (secondary N) is 1. The molecule has 2 rings (SSSR count). The fraction of sp³-hybridized carbons (Fsp3) is 0.529. The Bertz CT molecular complexity index is 545. The Labute approximate surface area is 141 Å². The molecule has 126 valence electrons. The molecule has 1 aliphatic rings. The van der Waals surface area contributed by atoms with Crippen LogP contribution >= 0.6 is 11.8 Å². The van der Waals surface area contributed by atoms with Gasteiger partial charge in [0.25, 0.3) is 0 Å². The van der Waals surface area contributed by atoms with Gasteiger partial charge in [-0.1, -0.05) is 0 Å². The molecule has 0 spiro atoms. The molecule has 23 heavy (non-hydrogen) atoms. The molecule has 1 heterocycles. The number of carbonyl (C=O) groups is 2. The van der Waals surface area contributed by atoms with Crippen LogP contribution in [0.4, 0.5) is 0 Å². The lowest BCUT2D eigenvalue weighted by Crippen LogP contribution is -2.36. The Hall–Kier alpha value is -1.69. The lowest BCUT2D eigenvalue weighted by atomic mass is 10.1. The fourth-order valence-corrected chi connectivity index (χ4v) is 3.33. The van der Waals surface area contributed by atoms with Crippen molar-refractivity contribution >= 4 is 23.6 Å². The van der Waals surface area contributed by atoms with Gasteiger partial charge in [-0.2, -0.15) is 0 Å². The summed E-state index contributed by atoms with van der Waals surface area (Å²) in [6.07, 6.45) is 0.329. The summed E-state index contributed by atoms with van der Waals surface area (Å²) in [7, 11) is 1.64. The van der Waals surface area contributed by atoms with Crippen LogP contribution in [0.3, 0.4) is 0 Å². The first-order valence-electron chi connectivity index (χ1n) is 7.85. The van der Waals surface area contributed by atoms with Gasteiger partial charge >= 0.3 is 0 Å². The summed E-state index contributed by atoms with van der Waals surface area (Å²) >= 11 is 1.68. The van der Waals surface area contributed by atoms with Crippen molar-refractivity contribution in [2.75, 3.05) is 26.0 Å². The summed E-state index contributed by atoms with van der Waals surface area (Å²) in [6.45, 7) is 5.09. The zero-order chi connectivity index (χ0) is 16.8. The molecule has 1 aliphatic heterocycles. The molecule has 0 bridgehead atoms. The van der Waals surface area contributed by atoms with Gasteiger partial charge in [-0.05, 0) is 38.1 Å². The number of benzene rings is 1. The molecular formula is C17H24N2O3S. The average molecular weight is 336 g/mol. The predicted octanol–water partition coefficient (Wildman–Crippen LogP) is 2.16. The lowest BCUT2D eigenvalue weighted by molar-refractivity contribution is -0.129. The van der Waals surface area contributed by atoms with Gasteiger partial charge in [0.15, 0.2) is 0 Å². The second kappa shape index (κ2) is 8.24. The molecule has 1 aromatic carbocycles. The van der Waals surface area contributed by atoms with E-state index < -0.39 is 0 Å². The topological polar surface area (TPSA) is 58.6 Å². The van der Waals surface area contributed by atoms with E-state index in [1.165, 1.54) is 0 Å². The first kappa shape index (κ1) is 17.7. The zero-order valence-corrected chi connectivity index (χ0v) is 14.7. The van der Waals surface area contributed by atoms with Gasteiger partial charge in [0.1, 0.15) is 5.75 Å². The standard InChI is InChI=1S/C17H24N2O3S/c1-12(2)19-11-13(10-16(19)20)17(21)18-8-9-23-15-6-4-14(22-3)5-7-15/h4-7,12-13H,8-11H2,1-3H3,(H,18,21). The molecule has 1 unspecified atom stereocenters. The Morgan fingerprint density at radius 2 is 2.09 bits per heavy atom. The largest absolute Gasteiger partial charge is 0.497 e. The maximum Gasteiger partial charge on any atom is 0.225 e. The van der Waals surface area contributed by atoms with Crippen LogP contribution in [-0.4, -0.2) is 48.7 Å². The van der Waals surface area contributed by atoms with Crippen molar-refractivity contribution in [2.24, 2.45) is 5.92 Å². The van der Waals surface area contributed by atoms with E-state index in [9.17, 15) is 9.59 Å². The molecule has 1 saturated heterocycles. The number of methoxy groups -OCH3 is 1. The van der Waals surface area contributed by atoms with Crippen molar-refractivity contribution in [3.8, 4) is 5.75 Å². The van der Waals surface area contributed by atoms with Crippen molar-refractivity contribution in [2.45, 2.75) is 31.2 Å². The van der Waals surface area contributed by atoms with Gasteiger partial charge in [0.05, 0.1) is 13.0 Å². The number of amides is 2. The minimum Gasteiger partial charge on any atom is -0.497 e. The number of thioether (sulfide) groups is 1. The van der Waals surface area contributed by atoms with Gasteiger partial charge in [0.2, 0.25) is 11.8 Å². The van der Waals surface area contributed by atoms with Gasteiger partial charge < -0.3 is 15.0 Å². The minimum atomic E-state index is -0.212. The average Bonchev–Trinajstić information content (AvgIpc) is 2.94. The van der Waals surface area contributed by atoms with Crippen LogP contribution in [0.1, 0.15) is 20.3 Å². The number of carbonyl (C=O) groups excluding carboxylic acids is 2. The van der Waals surface area contributed by atoms with Crippen molar-refractivity contribution < 1.29 is 14.3 Å². The second-order valence-electron chi connectivity index (χ2n) is 5.86. The van der Waals surface area contributed by atoms with Gasteiger partial charge in [0, 0.05) is 36.2 Å². The van der Waals surface area contributed by atoms with E-state index in [2.05, 4.69) is 5.32 Å². The Morgan fingerprint density at radius 1 is 1.39 bits per heavy atom. The smallest absolute Gasteiger partial charge is 0.225 e. The number of ether oxygens (including phenoxy) is 1. The van der Waals surface area contributed by atoms with E-state index in [4.69, 9.17) is 4.74 Å². The molecule has 0 aromatic heterocycles. The highest BCUT2D eigenvalue weighted by atomic mass is 32.2. The number of likely N-dealkylation sites (tertiary alicyclic amines) is 1.